The van der Waals surface area contributed by atoms with Gasteiger partial charge in [0, 0.05) is 6.04 Å². The third kappa shape index (κ3) is 1.93. The molecule has 64 valence electrons. The molecular weight excluding hydrogens is 142 g/mol. The minimum absolute atomic E-state index is 0.0243. The molecule has 0 spiro atoms. The molecule has 2 N–H and O–H groups in total. The van der Waals surface area contributed by atoms with Gasteiger partial charge in [0.15, 0.2) is 0 Å². The lowest BCUT2D eigenvalue weighted by Crippen LogP contribution is -2.38. The van der Waals surface area contributed by atoms with E-state index in [4.69, 9.17) is 5.73 Å². The number of carbonyl (C=O) groups is 1. The van der Waals surface area contributed by atoms with E-state index in [0.29, 0.717) is 0 Å². The minimum Gasteiger partial charge on any atom is -0.469 e. The van der Waals surface area contributed by atoms with E-state index in [-0.39, 0.29) is 17.9 Å². The van der Waals surface area contributed by atoms with Crippen molar-refractivity contribution in [2.24, 2.45) is 11.7 Å². The molecule has 0 heterocycles. The van der Waals surface area contributed by atoms with Crippen LogP contribution in [0.4, 0.5) is 0 Å². The van der Waals surface area contributed by atoms with E-state index in [0.717, 1.165) is 25.7 Å². The van der Waals surface area contributed by atoms with Gasteiger partial charge in [-0.3, -0.25) is 4.79 Å². The van der Waals surface area contributed by atoms with Gasteiger partial charge >= 0.3 is 5.97 Å². The van der Waals surface area contributed by atoms with E-state index in [9.17, 15) is 4.79 Å². The number of hydrogen-bond acceptors (Lipinski definition) is 3. The highest BCUT2D eigenvalue weighted by Crippen LogP contribution is 2.23. The predicted molar refractivity (Wildman–Crippen MR) is 41.9 cm³/mol. The number of methoxy groups -OCH3 is 1. The first-order valence-electron chi connectivity index (χ1n) is 4.09. The number of carbonyl (C=O) groups excluding carboxylic acids is 1. The Morgan fingerprint density at radius 3 is 2.64 bits per heavy atom. The van der Waals surface area contributed by atoms with Crippen LogP contribution >= 0.6 is 0 Å². The van der Waals surface area contributed by atoms with E-state index in [1.165, 1.54) is 7.11 Å². The maximum Gasteiger partial charge on any atom is 0.310 e. The average molecular weight is 157 g/mol. The molecule has 1 saturated carbocycles. The maximum absolute atomic E-state index is 11.1. The summed E-state index contributed by atoms with van der Waals surface area (Å²) in [7, 11) is 1.42. The van der Waals surface area contributed by atoms with Gasteiger partial charge in [-0.2, -0.15) is 0 Å². The predicted octanol–water partition coefficient (Wildman–Crippen LogP) is 0.677. The van der Waals surface area contributed by atoms with E-state index in [1.54, 1.807) is 0 Å². The molecule has 0 amide bonds. The summed E-state index contributed by atoms with van der Waals surface area (Å²) in [4.78, 5) is 11.1. The number of ether oxygens (including phenoxy) is 1. The largest absolute Gasteiger partial charge is 0.469 e. The molecule has 3 nitrogen and oxygen atoms in total. The summed E-state index contributed by atoms with van der Waals surface area (Å²) in [5.41, 5.74) is 5.75. The molecule has 1 rings (SSSR count). The van der Waals surface area contributed by atoms with Crippen LogP contribution < -0.4 is 5.73 Å². The zero-order valence-corrected chi connectivity index (χ0v) is 6.88. The summed E-state index contributed by atoms with van der Waals surface area (Å²) >= 11 is 0. The van der Waals surface area contributed by atoms with Crippen LogP contribution in [0.5, 0.6) is 0 Å². The SMILES string of the molecule is COC(=O)[C@H]1CCCC[C@H]1N. The van der Waals surface area contributed by atoms with Crippen LogP contribution in [0.15, 0.2) is 0 Å². The summed E-state index contributed by atoms with van der Waals surface area (Å²) in [5, 5.41) is 0. The van der Waals surface area contributed by atoms with Crippen molar-refractivity contribution in [3.63, 3.8) is 0 Å². The molecule has 0 aromatic heterocycles. The number of hydrogen-bond donors (Lipinski definition) is 1. The first-order valence-corrected chi connectivity index (χ1v) is 4.09. The van der Waals surface area contributed by atoms with Crippen LogP contribution in [0, 0.1) is 5.92 Å². The molecule has 1 fully saturated rings. The van der Waals surface area contributed by atoms with Crippen molar-refractivity contribution in [3.8, 4) is 0 Å². The summed E-state index contributed by atoms with van der Waals surface area (Å²) < 4.78 is 4.64. The van der Waals surface area contributed by atoms with Gasteiger partial charge in [-0.25, -0.2) is 0 Å². The smallest absolute Gasteiger partial charge is 0.310 e. The Morgan fingerprint density at radius 1 is 1.45 bits per heavy atom. The summed E-state index contributed by atoms with van der Waals surface area (Å²) in [6, 6.07) is 0.0243. The fraction of sp³-hybridized carbons (Fsp3) is 0.875. The molecule has 3 heteroatoms. The Balaban J connectivity index is 2.47. The van der Waals surface area contributed by atoms with Gasteiger partial charge in [-0.05, 0) is 12.8 Å². The van der Waals surface area contributed by atoms with Crippen LogP contribution in [0.25, 0.3) is 0 Å². The van der Waals surface area contributed by atoms with Crippen molar-refractivity contribution in [3.05, 3.63) is 0 Å². The molecule has 0 aliphatic heterocycles. The molecule has 0 radical (unpaired) electrons. The molecule has 1 aliphatic carbocycles. The van der Waals surface area contributed by atoms with Crippen molar-refractivity contribution < 1.29 is 9.53 Å². The second-order valence-corrected chi connectivity index (χ2v) is 3.08. The highest BCUT2D eigenvalue weighted by atomic mass is 16.5. The monoisotopic (exact) mass is 157 g/mol. The molecule has 0 unspecified atom stereocenters. The highest BCUT2D eigenvalue weighted by Gasteiger charge is 2.28. The van der Waals surface area contributed by atoms with Crippen LogP contribution in [0.1, 0.15) is 25.7 Å². The van der Waals surface area contributed by atoms with E-state index < -0.39 is 0 Å². The quantitative estimate of drug-likeness (QED) is 0.569. The summed E-state index contributed by atoms with van der Waals surface area (Å²) in [6.07, 6.45) is 4.11. The molecule has 0 saturated heterocycles. The minimum atomic E-state index is -0.141. The van der Waals surface area contributed by atoms with E-state index in [2.05, 4.69) is 4.74 Å². The third-order valence-corrected chi connectivity index (χ3v) is 2.32. The van der Waals surface area contributed by atoms with Crippen LogP contribution in [0.2, 0.25) is 0 Å². The van der Waals surface area contributed by atoms with Crippen molar-refractivity contribution in [1.29, 1.82) is 0 Å². The second kappa shape index (κ2) is 3.72. The lowest BCUT2D eigenvalue weighted by Gasteiger charge is -2.25. The standard InChI is InChI=1S/C8H15NO2/c1-11-8(10)6-4-2-3-5-7(6)9/h6-7H,2-5,9H2,1H3/t6-,7+/m0/s1. The average Bonchev–Trinajstić information content (AvgIpc) is 2.04. The Kier molecular flexibility index (Phi) is 2.88. The number of esters is 1. The number of nitrogens with two attached hydrogens (primary N) is 1. The van der Waals surface area contributed by atoms with Gasteiger partial charge in [0.2, 0.25) is 0 Å². The molecule has 0 aromatic carbocycles. The molecule has 0 aromatic rings. The fourth-order valence-corrected chi connectivity index (χ4v) is 1.60. The summed E-state index contributed by atoms with van der Waals surface area (Å²) in [6.45, 7) is 0. The summed E-state index contributed by atoms with van der Waals surface area (Å²) in [5.74, 6) is -0.189. The molecule has 2 atom stereocenters. The van der Waals surface area contributed by atoms with E-state index >= 15 is 0 Å². The fourth-order valence-electron chi connectivity index (χ4n) is 1.60. The van der Waals surface area contributed by atoms with Crippen molar-refractivity contribution >= 4 is 5.97 Å². The van der Waals surface area contributed by atoms with Gasteiger partial charge in [0.25, 0.3) is 0 Å². The van der Waals surface area contributed by atoms with Gasteiger partial charge in [0.1, 0.15) is 0 Å². The second-order valence-electron chi connectivity index (χ2n) is 3.08. The van der Waals surface area contributed by atoms with Gasteiger partial charge in [0.05, 0.1) is 13.0 Å². The molecule has 1 aliphatic rings. The normalized spacial score (nSPS) is 31.5. The van der Waals surface area contributed by atoms with Crippen molar-refractivity contribution in [1.82, 2.24) is 0 Å². The highest BCUT2D eigenvalue weighted by molar-refractivity contribution is 5.73. The molecular formula is C8H15NO2. The lowest BCUT2D eigenvalue weighted by atomic mass is 9.85. The van der Waals surface area contributed by atoms with Crippen LogP contribution in [-0.4, -0.2) is 19.1 Å². The zero-order valence-electron chi connectivity index (χ0n) is 6.88. The van der Waals surface area contributed by atoms with Crippen molar-refractivity contribution in [2.75, 3.05) is 7.11 Å². The van der Waals surface area contributed by atoms with Crippen LogP contribution in [0.3, 0.4) is 0 Å². The lowest BCUT2D eigenvalue weighted by molar-refractivity contribution is -0.147. The Bertz CT molecular complexity index is 147. The first-order chi connectivity index (χ1) is 5.25. The molecule has 0 bridgehead atoms. The Hall–Kier alpha value is -0.570. The Morgan fingerprint density at radius 2 is 2.09 bits per heavy atom. The third-order valence-electron chi connectivity index (χ3n) is 2.32. The number of rotatable bonds is 1. The van der Waals surface area contributed by atoms with Gasteiger partial charge in [-0.15, -0.1) is 0 Å². The first kappa shape index (κ1) is 8.53. The molecule has 11 heavy (non-hydrogen) atoms. The van der Waals surface area contributed by atoms with Gasteiger partial charge in [-0.1, -0.05) is 12.8 Å². The topological polar surface area (TPSA) is 52.3 Å². The van der Waals surface area contributed by atoms with Crippen LogP contribution in [-0.2, 0) is 9.53 Å². The van der Waals surface area contributed by atoms with Gasteiger partial charge < -0.3 is 10.5 Å². The Labute approximate surface area is 66.9 Å². The zero-order chi connectivity index (χ0) is 8.27. The van der Waals surface area contributed by atoms with Crippen molar-refractivity contribution in [2.45, 2.75) is 31.7 Å². The maximum atomic E-state index is 11.1. The van der Waals surface area contributed by atoms with E-state index in [1.807, 2.05) is 0 Å².